The SMILES string of the molecule is COCc1c(C(=O)OCC(=O)N[C@@H](C)c2cccs2)sc2cccc(F)c12. The number of hydrogen-bond acceptors (Lipinski definition) is 6. The predicted molar refractivity (Wildman–Crippen MR) is 104 cm³/mol. The highest BCUT2D eigenvalue weighted by atomic mass is 32.1. The molecule has 1 aromatic carbocycles. The van der Waals surface area contributed by atoms with E-state index in [2.05, 4.69) is 5.32 Å². The van der Waals surface area contributed by atoms with Crippen molar-refractivity contribution in [1.29, 1.82) is 0 Å². The van der Waals surface area contributed by atoms with Crippen LogP contribution >= 0.6 is 22.7 Å². The normalized spacial score (nSPS) is 12.1. The molecule has 3 rings (SSSR count). The minimum atomic E-state index is -0.665. The van der Waals surface area contributed by atoms with Gasteiger partial charge in [-0.2, -0.15) is 0 Å². The Labute approximate surface area is 163 Å². The number of nitrogens with one attached hydrogen (secondary N) is 1. The molecule has 0 aliphatic heterocycles. The maximum absolute atomic E-state index is 14.2. The van der Waals surface area contributed by atoms with Crippen LogP contribution in [0.3, 0.4) is 0 Å². The van der Waals surface area contributed by atoms with E-state index in [9.17, 15) is 14.0 Å². The number of fused-ring (bicyclic) bond motifs is 1. The predicted octanol–water partition coefficient (Wildman–Crippen LogP) is 4.28. The van der Waals surface area contributed by atoms with Gasteiger partial charge in [-0.25, -0.2) is 9.18 Å². The van der Waals surface area contributed by atoms with E-state index < -0.39 is 24.3 Å². The van der Waals surface area contributed by atoms with Gasteiger partial charge < -0.3 is 14.8 Å². The highest BCUT2D eigenvalue weighted by Crippen LogP contribution is 2.34. The van der Waals surface area contributed by atoms with Crippen molar-refractivity contribution in [2.75, 3.05) is 13.7 Å². The minimum Gasteiger partial charge on any atom is -0.451 e. The number of benzene rings is 1. The van der Waals surface area contributed by atoms with Crippen molar-refractivity contribution in [3.8, 4) is 0 Å². The number of amides is 1. The maximum Gasteiger partial charge on any atom is 0.349 e. The number of carbonyl (C=O) groups is 2. The van der Waals surface area contributed by atoms with Gasteiger partial charge in [-0.15, -0.1) is 22.7 Å². The number of rotatable bonds is 7. The highest BCUT2D eigenvalue weighted by Gasteiger charge is 2.22. The van der Waals surface area contributed by atoms with Gasteiger partial charge in [-0.3, -0.25) is 4.79 Å². The van der Waals surface area contributed by atoms with Crippen LogP contribution in [-0.2, 0) is 20.9 Å². The molecule has 8 heteroatoms. The number of methoxy groups -OCH3 is 1. The average molecular weight is 407 g/mol. The molecular weight excluding hydrogens is 389 g/mol. The molecule has 142 valence electrons. The zero-order valence-corrected chi connectivity index (χ0v) is 16.4. The summed E-state index contributed by atoms with van der Waals surface area (Å²) >= 11 is 2.66. The third kappa shape index (κ3) is 4.35. The molecule has 0 bridgehead atoms. The zero-order chi connectivity index (χ0) is 19.4. The first kappa shape index (κ1) is 19.5. The standard InChI is InChI=1S/C19H18FNO4S2/c1-11(14-7-4-8-26-14)21-16(22)10-25-19(23)18-12(9-24-2)17-13(20)5-3-6-15(17)27-18/h3-8,11H,9-10H2,1-2H3,(H,21,22)/t11-/m0/s1. The van der Waals surface area contributed by atoms with Gasteiger partial charge in [0.1, 0.15) is 10.7 Å². The van der Waals surface area contributed by atoms with Crippen LogP contribution in [0, 0.1) is 5.82 Å². The molecule has 1 N–H and O–H groups in total. The van der Waals surface area contributed by atoms with Crippen molar-refractivity contribution in [3.05, 3.63) is 56.8 Å². The second kappa shape index (κ2) is 8.60. The molecule has 0 aliphatic rings. The third-order valence-corrected chi connectivity index (χ3v) is 6.15. The molecule has 0 saturated heterocycles. The van der Waals surface area contributed by atoms with Crippen LogP contribution in [0.1, 0.15) is 33.1 Å². The summed E-state index contributed by atoms with van der Waals surface area (Å²) in [5.41, 5.74) is 0.438. The fourth-order valence-electron chi connectivity index (χ4n) is 2.70. The van der Waals surface area contributed by atoms with E-state index in [0.29, 0.717) is 15.6 Å². The molecule has 0 unspecified atom stereocenters. The van der Waals surface area contributed by atoms with Crippen LogP contribution in [0.2, 0.25) is 0 Å². The monoisotopic (exact) mass is 407 g/mol. The number of ether oxygens (including phenoxy) is 2. The van der Waals surface area contributed by atoms with Crippen LogP contribution in [0.4, 0.5) is 4.39 Å². The Hall–Kier alpha value is -2.29. The molecule has 1 atom stereocenters. The quantitative estimate of drug-likeness (QED) is 0.594. The van der Waals surface area contributed by atoms with Crippen molar-refractivity contribution < 1.29 is 23.5 Å². The topological polar surface area (TPSA) is 64.6 Å². The largest absolute Gasteiger partial charge is 0.451 e. The van der Waals surface area contributed by atoms with Crippen molar-refractivity contribution >= 4 is 44.6 Å². The number of hydrogen-bond donors (Lipinski definition) is 1. The Balaban J connectivity index is 1.70. The van der Waals surface area contributed by atoms with Crippen LogP contribution in [0.15, 0.2) is 35.7 Å². The van der Waals surface area contributed by atoms with Gasteiger partial charge in [0.25, 0.3) is 5.91 Å². The lowest BCUT2D eigenvalue weighted by atomic mass is 10.1. The molecule has 0 radical (unpaired) electrons. The number of carbonyl (C=O) groups excluding carboxylic acids is 2. The van der Waals surface area contributed by atoms with Gasteiger partial charge in [0.2, 0.25) is 0 Å². The first-order chi connectivity index (χ1) is 13.0. The van der Waals surface area contributed by atoms with Gasteiger partial charge in [-0.1, -0.05) is 12.1 Å². The van der Waals surface area contributed by atoms with Gasteiger partial charge in [-0.05, 0) is 30.5 Å². The van der Waals surface area contributed by atoms with Crippen LogP contribution < -0.4 is 5.32 Å². The van der Waals surface area contributed by atoms with E-state index in [1.807, 2.05) is 24.4 Å². The Morgan fingerprint density at radius 3 is 2.78 bits per heavy atom. The summed E-state index contributed by atoms with van der Waals surface area (Å²) < 4.78 is 25.1. The zero-order valence-electron chi connectivity index (χ0n) is 14.8. The highest BCUT2D eigenvalue weighted by molar-refractivity contribution is 7.21. The molecule has 5 nitrogen and oxygen atoms in total. The molecule has 3 aromatic rings. The summed E-state index contributed by atoms with van der Waals surface area (Å²) in [4.78, 5) is 25.8. The number of halogens is 1. The summed E-state index contributed by atoms with van der Waals surface area (Å²) in [6.07, 6.45) is 0. The van der Waals surface area contributed by atoms with Crippen molar-refractivity contribution in [2.24, 2.45) is 0 Å². The number of thiophene rings is 2. The Bertz CT molecular complexity index is 952. The second-order valence-corrected chi connectivity index (χ2v) is 7.87. The summed E-state index contributed by atoms with van der Waals surface area (Å²) in [6.45, 7) is 1.53. The fourth-order valence-corrected chi connectivity index (χ4v) is 4.55. The first-order valence-corrected chi connectivity index (χ1v) is 9.89. The lowest BCUT2D eigenvalue weighted by Gasteiger charge is -2.12. The molecule has 0 aliphatic carbocycles. The minimum absolute atomic E-state index is 0.0764. The summed E-state index contributed by atoms with van der Waals surface area (Å²) in [7, 11) is 1.47. The third-order valence-electron chi connectivity index (χ3n) is 3.92. The molecule has 0 spiro atoms. The first-order valence-electron chi connectivity index (χ1n) is 8.20. The maximum atomic E-state index is 14.2. The van der Waals surface area contributed by atoms with Gasteiger partial charge >= 0.3 is 5.97 Å². The van der Waals surface area contributed by atoms with E-state index in [1.165, 1.54) is 24.5 Å². The smallest absolute Gasteiger partial charge is 0.349 e. The summed E-state index contributed by atoms with van der Waals surface area (Å²) in [5, 5.41) is 5.06. The Kier molecular flexibility index (Phi) is 6.20. The van der Waals surface area contributed by atoms with E-state index in [0.717, 1.165) is 16.2 Å². The molecule has 2 heterocycles. The summed E-state index contributed by atoms with van der Waals surface area (Å²) in [5.74, 6) is -1.48. The van der Waals surface area contributed by atoms with E-state index in [4.69, 9.17) is 9.47 Å². The van der Waals surface area contributed by atoms with E-state index in [1.54, 1.807) is 12.1 Å². The van der Waals surface area contributed by atoms with Crippen molar-refractivity contribution in [1.82, 2.24) is 5.32 Å². The Morgan fingerprint density at radius 2 is 2.07 bits per heavy atom. The number of esters is 1. The summed E-state index contributed by atoms with van der Waals surface area (Å²) in [6, 6.07) is 8.31. The van der Waals surface area contributed by atoms with Crippen molar-refractivity contribution in [2.45, 2.75) is 19.6 Å². The van der Waals surface area contributed by atoms with Crippen LogP contribution in [0.25, 0.3) is 10.1 Å². The van der Waals surface area contributed by atoms with Gasteiger partial charge in [0.05, 0.1) is 12.6 Å². The van der Waals surface area contributed by atoms with Gasteiger partial charge in [0.15, 0.2) is 6.61 Å². The van der Waals surface area contributed by atoms with Crippen molar-refractivity contribution in [3.63, 3.8) is 0 Å². The molecule has 1 amide bonds. The van der Waals surface area contributed by atoms with E-state index in [-0.39, 0.29) is 17.5 Å². The molecule has 0 fully saturated rings. The lowest BCUT2D eigenvalue weighted by molar-refractivity contribution is -0.124. The molecular formula is C19H18FNO4S2. The molecule has 27 heavy (non-hydrogen) atoms. The fraction of sp³-hybridized carbons (Fsp3) is 0.263. The second-order valence-electron chi connectivity index (χ2n) is 5.84. The van der Waals surface area contributed by atoms with E-state index >= 15 is 0 Å². The molecule has 2 aromatic heterocycles. The average Bonchev–Trinajstić information content (AvgIpc) is 3.29. The van der Waals surface area contributed by atoms with Crippen LogP contribution in [-0.4, -0.2) is 25.6 Å². The van der Waals surface area contributed by atoms with Crippen LogP contribution in [0.5, 0.6) is 0 Å². The lowest BCUT2D eigenvalue weighted by Crippen LogP contribution is -2.30. The van der Waals surface area contributed by atoms with Gasteiger partial charge in [0, 0.05) is 27.6 Å². The Morgan fingerprint density at radius 1 is 1.26 bits per heavy atom. The molecule has 0 saturated carbocycles.